The molecular weight excluding hydrogens is 408 g/mol. The van der Waals surface area contributed by atoms with Gasteiger partial charge in [-0.15, -0.1) is 0 Å². The molecule has 0 aliphatic carbocycles. The van der Waals surface area contributed by atoms with E-state index in [-0.39, 0.29) is 0 Å². The summed E-state index contributed by atoms with van der Waals surface area (Å²) in [4.78, 5) is 10.0. The Morgan fingerprint density at radius 2 is 1.09 bits per heavy atom. The average molecular weight is 433 g/mol. The number of para-hydroxylation sites is 1. The number of fused-ring (bicyclic) bond motifs is 1. The number of hydrogen-bond donors (Lipinski definition) is 0. The van der Waals surface area contributed by atoms with Crippen molar-refractivity contribution in [1.82, 2.24) is 9.97 Å². The molecule has 0 amide bonds. The van der Waals surface area contributed by atoms with Crippen molar-refractivity contribution in [3.63, 3.8) is 0 Å². The Balaban J connectivity index is 1.87. The van der Waals surface area contributed by atoms with Gasteiger partial charge in [0.05, 0.1) is 19.7 Å². The van der Waals surface area contributed by atoms with Crippen molar-refractivity contribution in [2.75, 3.05) is 14.2 Å². The fraction of sp³-hybridized carbons (Fsp3) is 0.103. The van der Waals surface area contributed by atoms with Gasteiger partial charge in [0.25, 0.3) is 0 Å². The maximum absolute atomic E-state index is 5.44. The molecule has 0 N–H and O–H groups in total. The Bertz CT molecular complexity index is 1320. The normalized spacial score (nSPS) is 11.3. The third-order valence-electron chi connectivity index (χ3n) is 6.08. The van der Waals surface area contributed by atoms with Crippen LogP contribution in [0.4, 0.5) is 0 Å². The van der Waals surface area contributed by atoms with Crippen LogP contribution in [0.3, 0.4) is 0 Å². The quantitative estimate of drug-likeness (QED) is 0.307. The molecule has 4 heteroatoms. The summed E-state index contributed by atoms with van der Waals surface area (Å²) in [5.74, 6) is 2.31. The Hall–Kier alpha value is -4.18. The van der Waals surface area contributed by atoms with E-state index < -0.39 is 5.41 Å². The van der Waals surface area contributed by atoms with Crippen LogP contribution in [-0.4, -0.2) is 24.2 Å². The van der Waals surface area contributed by atoms with Crippen molar-refractivity contribution in [1.29, 1.82) is 0 Å². The van der Waals surface area contributed by atoms with Crippen molar-refractivity contribution < 1.29 is 9.47 Å². The summed E-state index contributed by atoms with van der Waals surface area (Å²) in [6.45, 7) is 0. The molecule has 1 heterocycles. The molecule has 0 aliphatic rings. The number of ether oxygens (including phenoxy) is 2. The van der Waals surface area contributed by atoms with Gasteiger partial charge < -0.3 is 9.47 Å². The fourth-order valence-electron chi connectivity index (χ4n) is 4.41. The van der Waals surface area contributed by atoms with E-state index >= 15 is 0 Å². The van der Waals surface area contributed by atoms with Crippen LogP contribution in [0.15, 0.2) is 109 Å². The predicted octanol–water partition coefficient (Wildman–Crippen LogP) is 6.03. The molecular formula is C29H24N2O2. The van der Waals surface area contributed by atoms with E-state index in [0.717, 1.165) is 39.1 Å². The van der Waals surface area contributed by atoms with E-state index in [1.165, 1.54) is 0 Å². The lowest BCUT2D eigenvalue weighted by molar-refractivity contribution is 0.414. The first-order valence-electron chi connectivity index (χ1n) is 10.8. The molecule has 0 fully saturated rings. The summed E-state index contributed by atoms with van der Waals surface area (Å²) in [5, 5.41) is 1.01. The van der Waals surface area contributed by atoms with Gasteiger partial charge >= 0.3 is 0 Å². The second-order valence-electron chi connectivity index (χ2n) is 7.83. The summed E-state index contributed by atoms with van der Waals surface area (Å²) >= 11 is 0. The van der Waals surface area contributed by atoms with Crippen LogP contribution >= 0.6 is 0 Å². The van der Waals surface area contributed by atoms with E-state index in [9.17, 15) is 0 Å². The average Bonchev–Trinajstić information content (AvgIpc) is 2.90. The molecule has 0 radical (unpaired) electrons. The summed E-state index contributed by atoms with van der Waals surface area (Å²) in [6.07, 6.45) is 1.91. The van der Waals surface area contributed by atoms with Gasteiger partial charge in [-0.1, -0.05) is 72.8 Å². The van der Waals surface area contributed by atoms with Crippen LogP contribution in [0.5, 0.6) is 11.5 Å². The molecule has 0 saturated carbocycles. The second-order valence-corrected chi connectivity index (χ2v) is 7.83. The highest BCUT2D eigenvalue weighted by Gasteiger charge is 2.41. The molecule has 0 spiro atoms. The summed E-state index contributed by atoms with van der Waals surface area (Å²) in [6, 6.07) is 34.8. The van der Waals surface area contributed by atoms with E-state index in [1.807, 2.05) is 60.8 Å². The maximum Gasteiger partial charge on any atom is 0.148 e. The van der Waals surface area contributed by atoms with Crippen molar-refractivity contribution >= 4 is 10.9 Å². The van der Waals surface area contributed by atoms with Gasteiger partial charge in [0.1, 0.15) is 22.7 Å². The van der Waals surface area contributed by atoms with E-state index in [1.54, 1.807) is 14.2 Å². The Morgan fingerprint density at radius 1 is 0.576 bits per heavy atom. The molecule has 0 bridgehead atoms. The van der Waals surface area contributed by atoms with Gasteiger partial charge in [-0.05, 0) is 47.0 Å². The largest absolute Gasteiger partial charge is 0.497 e. The zero-order chi connectivity index (χ0) is 22.7. The number of aromatic nitrogens is 2. The molecule has 33 heavy (non-hydrogen) atoms. The summed E-state index contributed by atoms with van der Waals surface area (Å²) in [7, 11) is 3.35. The van der Waals surface area contributed by atoms with Gasteiger partial charge in [-0.25, -0.2) is 9.97 Å². The highest BCUT2D eigenvalue weighted by molar-refractivity contribution is 5.78. The van der Waals surface area contributed by atoms with Crippen LogP contribution in [0.2, 0.25) is 0 Å². The van der Waals surface area contributed by atoms with Crippen LogP contribution in [0, 0.1) is 0 Å². The van der Waals surface area contributed by atoms with Gasteiger partial charge in [0.2, 0.25) is 0 Å². The lowest BCUT2D eigenvalue weighted by atomic mass is 9.68. The third kappa shape index (κ3) is 3.60. The van der Waals surface area contributed by atoms with Crippen LogP contribution in [-0.2, 0) is 5.41 Å². The number of benzene rings is 4. The minimum atomic E-state index is -0.732. The third-order valence-corrected chi connectivity index (χ3v) is 6.08. The second kappa shape index (κ2) is 8.75. The Labute approximate surface area is 193 Å². The predicted molar refractivity (Wildman–Crippen MR) is 131 cm³/mol. The van der Waals surface area contributed by atoms with E-state index in [2.05, 4.69) is 48.5 Å². The first-order valence-corrected chi connectivity index (χ1v) is 10.8. The molecule has 0 unspecified atom stereocenters. The standard InChI is InChI=1S/C29H24N2O2/c1-32-25-16-12-23(13-17-25)29(22-9-4-3-5-10-22,24-14-18-26(33-2)19-15-24)28-30-20-21-8-6-7-11-27(21)31-28/h3-20H,1-2H3. The smallest absolute Gasteiger partial charge is 0.148 e. The summed E-state index contributed by atoms with van der Waals surface area (Å²) in [5.41, 5.74) is 3.36. The minimum Gasteiger partial charge on any atom is -0.497 e. The number of rotatable bonds is 6. The van der Waals surface area contributed by atoms with Crippen molar-refractivity contribution in [2.24, 2.45) is 0 Å². The van der Waals surface area contributed by atoms with Crippen molar-refractivity contribution in [3.05, 3.63) is 132 Å². The zero-order valence-corrected chi connectivity index (χ0v) is 18.6. The van der Waals surface area contributed by atoms with Gasteiger partial charge in [0, 0.05) is 11.6 Å². The molecule has 162 valence electrons. The maximum atomic E-state index is 5.44. The number of nitrogens with zero attached hydrogens (tertiary/aromatic N) is 2. The van der Waals surface area contributed by atoms with Crippen molar-refractivity contribution in [3.8, 4) is 11.5 Å². The molecule has 4 aromatic carbocycles. The fourth-order valence-corrected chi connectivity index (χ4v) is 4.41. The van der Waals surface area contributed by atoms with Gasteiger partial charge in [-0.2, -0.15) is 0 Å². The topological polar surface area (TPSA) is 44.2 Å². The monoisotopic (exact) mass is 432 g/mol. The highest BCUT2D eigenvalue weighted by atomic mass is 16.5. The molecule has 0 aliphatic heterocycles. The molecule has 1 aromatic heterocycles. The first-order chi connectivity index (χ1) is 16.3. The first kappa shape index (κ1) is 20.7. The van der Waals surface area contributed by atoms with Crippen LogP contribution in [0.1, 0.15) is 22.5 Å². The number of hydrogen-bond acceptors (Lipinski definition) is 4. The van der Waals surface area contributed by atoms with Crippen molar-refractivity contribution in [2.45, 2.75) is 5.41 Å². The molecule has 0 saturated heterocycles. The highest BCUT2D eigenvalue weighted by Crippen LogP contribution is 2.44. The zero-order valence-electron chi connectivity index (χ0n) is 18.6. The van der Waals surface area contributed by atoms with E-state index in [4.69, 9.17) is 19.4 Å². The van der Waals surface area contributed by atoms with E-state index in [0.29, 0.717) is 5.82 Å². The summed E-state index contributed by atoms with van der Waals surface area (Å²) < 4.78 is 10.9. The Morgan fingerprint density at radius 3 is 1.67 bits per heavy atom. The Kier molecular flexibility index (Phi) is 5.49. The van der Waals surface area contributed by atoms with Crippen LogP contribution < -0.4 is 9.47 Å². The van der Waals surface area contributed by atoms with Gasteiger partial charge in [-0.3, -0.25) is 0 Å². The molecule has 0 atom stereocenters. The SMILES string of the molecule is COc1ccc(C(c2ccccc2)(c2ccc(OC)cc2)c2ncc3ccccc3n2)cc1. The lowest BCUT2D eigenvalue weighted by Gasteiger charge is -2.34. The molecule has 5 rings (SSSR count). The minimum absolute atomic E-state index is 0.711. The van der Waals surface area contributed by atoms with Gasteiger partial charge in [0.15, 0.2) is 0 Å². The molecule has 4 nitrogen and oxygen atoms in total. The van der Waals surface area contributed by atoms with Crippen LogP contribution in [0.25, 0.3) is 10.9 Å². The number of methoxy groups -OCH3 is 2. The lowest BCUT2D eigenvalue weighted by Crippen LogP contribution is -2.33. The molecule has 5 aromatic rings.